The number of rotatable bonds is 4. The highest BCUT2D eigenvalue weighted by molar-refractivity contribution is 5.85. The van der Waals surface area contributed by atoms with Crippen LogP contribution in [0.1, 0.15) is 13.8 Å². The van der Waals surface area contributed by atoms with Crippen LogP contribution in [0, 0.1) is 0 Å². The van der Waals surface area contributed by atoms with E-state index < -0.39 is 0 Å². The molecule has 0 aromatic heterocycles. The number of nitrogens with one attached hydrogen (secondary N) is 1. The van der Waals surface area contributed by atoms with Gasteiger partial charge >= 0.3 is 0 Å². The first-order valence-electron chi connectivity index (χ1n) is 2.40. The summed E-state index contributed by atoms with van der Waals surface area (Å²) < 4.78 is 0. The Morgan fingerprint density at radius 2 is 1.50 bits per heavy atom. The van der Waals surface area contributed by atoms with Gasteiger partial charge in [0.05, 0.1) is 13.2 Å². The Bertz CT molecular complexity index is 33.2. The molecule has 0 unspecified atom stereocenters. The Labute approximate surface area is 55.7 Å². The van der Waals surface area contributed by atoms with Crippen LogP contribution in [0.4, 0.5) is 0 Å². The molecule has 0 aliphatic carbocycles. The van der Waals surface area contributed by atoms with Gasteiger partial charge in [-0.05, 0) is 13.8 Å². The van der Waals surface area contributed by atoms with Crippen LogP contribution in [0.5, 0.6) is 0 Å². The van der Waals surface area contributed by atoms with Crippen molar-refractivity contribution in [2.45, 2.75) is 13.8 Å². The molecule has 0 heterocycles. The van der Waals surface area contributed by atoms with Gasteiger partial charge in [-0.25, -0.2) is 0 Å². The molecular weight excluding hydrogens is 130 g/mol. The van der Waals surface area contributed by atoms with Crippen LogP contribution in [0.15, 0.2) is 0 Å². The molecule has 0 saturated carbocycles. The molecule has 0 aromatic carbocycles. The van der Waals surface area contributed by atoms with Crippen LogP contribution in [0.2, 0.25) is 0 Å². The Morgan fingerprint density at radius 1 is 1.12 bits per heavy atom. The Hall–Kier alpha value is 0.170. The molecule has 52 valence electrons. The summed E-state index contributed by atoms with van der Waals surface area (Å²) in [6, 6.07) is 0. The van der Waals surface area contributed by atoms with Gasteiger partial charge in [0.25, 0.3) is 0 Å². The van der Waals surface area contributed by atoms with E-state index in [0.717, 1.165) is 0 Å². The minimum atomic E-state index is 0. The van der Waals surface area contributed by atoms with Gasteiger partial charge in [0.2, 0.25) is 0 Å². The average Bonchev–Trinajstić information content (AvgIpc) is 1.69. The first kappa shape index (κ1) is 11.0. The van der Waals surface area contributed by atoms with E-state index >= 15 is 0 Å². The van der Waals surface area contributed by atoms with Crippen LogP contribution < -0.4 is 5.64 Å². The van der Waals surface area contributed by atoms with E-state index in [1.54, 1.807) is 0 Å². The van der Waals surface area contributed by atoms with Crippen molar-refractivity contribution in [1.82, 2.24) is 5.64 Å². The van der Waals surface area contributed by atoms with Gasteiger partial charge in [0.15, 0.2) is 0 Å². The average molecular weight is 142 g/mol. The first-order chi connectivity index (χ1) is 3.41. The molecular formula is C4H12ClNO2. The molecule has 0 aliphatic rings. The Balaban J connectivity index is 0. The van der Waals surface area contributed by atoms with Gasteiger partial charge in [0, 0.05) is 0 Å². The van der Waals surface area contributed by atoms with Crippen molar-refractivity contribution in [2.24, 2.45) is 0 Å². The smallest absolute Gasteiger partial charge is 0.0680 e. The zero-order valence-electron chi connectivity index (χ0n) is 5.14. The molecule has 0 atom stereocenters. The van der Waals surface area contributed by atoms with Crippen molar-refractivity contribution >= 4 is 12.4 Å². The van der Waals surface area contributed by atoms with Crippen LogP contribution in [0.3, 0.4) is 0 Å². The molecule has 0 spiro atoms. The minimum Gasteiger partial charge on any atom is -0.277 e. The second kappa shape index (κ2) is 10.2. The maximum atomic E-state index is 4.60. The molecule has 3 nitrogen and oxygen atoms in total. The van der Waals surface area contributed by atoms with E-state index in [2.05, 4.69) is 15.3 Å². The summed E-state index contributed by atoms with van der Waals surface area (Å²) in [4.78, 5) is 9.20. The Kier molecular flexibility index (Phi) is 14.1. The highest BCUT2D eigenvalue weighted by Crippen LogP contribution is 1.64. The lowest BCUT2D eigenvalue weighted by molar-refractivity contribution is -0.163. The van der Waals surface area contributed by atoms with Crippen molar-refractivity contribution in [3.05, 3.63) is 0 Å². The summed E-state index contributed by atoms with van der Waals surface area (Å²) in [7, 11) is 0. The van der Waals surface area contributed by atoms with Gasteiger partial charge < -0.3 is 0 Å². The summed E-state index contributed by atoms with van der Waals surface area (Å²) in [5.74, 6) is 0. The van der Waals surface area contributed by atoms with E-state index in [0.29, 0.717) is 13.2 Å². The lowest BCUT2D eigenvalue weighted by Crippen LogP contribution is -2.14. The molecule has 0 aliphatic heterocycles. The fraction of sp³-hybridized carbons (Fsp3) is 1.00. The van der Waals surface area contributed by atoms with E-state index in [9.17, 15) is 0 Å². The molecule has 0 amide bonds. The van der Waals surface area contributed by atoms with Crippen LogP contribution in [0.25, 0.3) is 0 Å². The third-order valence-electron chi connectivity index (χ3n) is 0.407. The second-order valence-electron chi connectivity index (χ2n) is 0.949. The topological polar surface area (TPSA) is 30.5 Å². The summed E-state index contributed by atoms with van der Waals surface area (Å²) in [5, 5.41) is 0. The lowest BCUT2D eigenvalue weighted by Gasteiger charge is -1.98. The molecule has 0 aromatic rings. The van der Waals surface area contributed by atoms with Crippen LogP contribution in [-0.4, -0.2) is 13.2 Å². The SMILES string of the molecule is CCONOCC.Cl. The quantitative estimate of drug-likeness (QED) is 0.466. The maximum absolute atomic E-state index is 4.60. The first-order valence-corrected chi connectivity index (χ1v) is 2.40. The van der Waals surface area contributed by atoms with E-state index in [4.69, 9.17) is 0 Å². The molecule has 0 rings (SSSR count). The van der Waals surface area contributed by atoms with E-state index in [-0.39, 0.29) is 12.4 Å². The van der Waals surface area contributed by atoms with Crippen molar-refractivity contribution < 1.29 is 9.68 Å². The molecule has 0 fully saturated rings. The summed E-state index contributed by atoms with van der Waals surface area (Å²) in [6.45, 7) is 5.01. The predicted molar refractivity (Wildman–Crippen MR) is 33.6 cm³/mol. The predicted octanol–water partition coefficient (Wildman–Crippen LogP) is 0.901. The van der Waals surface area contributed by atoms with Crippen molar-refractivity contribution in [1.29, 1.82) is 0 Å². The summed E-state index contributed by atoms with van der Waals surface area (Å²) in [5.41, 5.74) is 2.28. The summed E-state index contributed by atoms with van der Waals surface area (Å²) >= 11 is 0. The minimum absolute atomic E-state index is 0. The van der Waals surface area contributed by atoms with Gasteiger partial charge in [-0.1, -0.05) is 5.64 Å². The fourth-order valence-corrected chi connectivity index (χ4v) is 0.160. The van der Waals surface area contributed by atoms with Crippen molar-refractivity contribution in [2.75, 3.05) is 13.2 Å². The molecule has 1 N–H and O–H groups in total. The third kappa shape index (κ3) is 9.48. The fourth-order valence-electron chi connectivity index (χ4n) is 0.160. The van der Waals surface area contributed by atoms with Crippen LogP contribution in [-0.2, 0) is 9.68 Å². The van der Waals surface area contributed by atoms with Crippen LogP contribution >= 0.6 is 12.4 Å². The van der Waals surface area contributed by atoms with Gasteiger partial charge in [-0.15, -0.1) is 12.4 Å². The van der Waals surface area contributed by atoms with Gasteiger partial charge in [0.1, 0.15) is 0 Å². The number of hydrogen-bond acceptors (Lipinski definition) is 3. The zero-order chi connectivity index (χ0) is 5.54. The van der Waals surface area contributed by atoms with Crippen molar-refractivity contribution in [3.8, 4) is 0 Å². The third-order valence-corrected chi connectivity index (χ3v) is 0.407. The number of halogens is 1. The molecule has 4 heteroatoms. The molecule has 0 radical (unpaired) electrons. The highest BCUT2D eigenvalue weighted by atomic mass is 35.5. The maximum Gasteiger partial charge on any atom is 0.0680 e. The number of hydrogen-bond donors (Lipinski definition) is 1. The second-order valence-corrected chi connectivity index (χ2v) is 0.949. The molecule has 0 bridgehead atoms. The van der Waals surface area contributed by atoms with Gasteiger partial charge in [-0.3, -0.25) is 9.68 Å². The van der Waals surface area contributed by atoms with E-state index in [1.165, 1.54) is 0 Å². The largest absolute Gasteiger partial charge is 0.277 e. The van der Waals surface area contributed by atoms with E-state index in [1.807, 2.05) is 13.8 Å². The normalized spacial score (nSPS) is 8.25. The molecule has 8 heavy (non-hydrogen) atoms. The lowest BCUT2D eigenvalue weighted by atomic mass is 10.9. The summed E-state index contributed by atoms with van der Waals surface area (Å²) in [6.07, 6.45) is 0. The highest BCUT2D eigenvalue weighted by Gasteiger charge is 1.74. The standard InChI is InChI=1S/C4H11NO2.ClH/c1-3-6-5-7-4-2;/h5H,3-4H2,1-2H3;1H. The Morgan fingerprint density at radius 3 is 1.75 bits per heavy atom. The monoisotopic (exact) mass is 141 g/mol. The zero-order valence-corrected chi connectivity index (χ0v) is 5.96. The van der Waals surface area contributed by atoms with Crippen molar-refractivity contribution in [3.63, 3.8) is 0 Å². The van der Waals surface area contributed by atoms with Gasteiger partial charge in [-0.2, -0.15) is 0 Å². The molecule has 0 saturated heterocycles.